The third-order valence-corrected chi connectivity index (χ3v) is 3.36. The molecule has 1 atom stereocenters. The molecule has 1 aliphatic heterocycles. The average Bonchev–Trinajstić information content (AvgIpc) is 2.77. The summed E-state index contributed by atoms with van der Waals surface area (Å²) in [6.07, 6.45) is 1.66. The summed E-state index contributed by atoms with van der Waals surface area (Å²) in [6, 6.07) is 1.40. The summed E-state index contributed by atoms with van der Waals surface area (Å²) < 4.78 is 0.524. The first-order valence-corrected chi connectivity index (χ1v) is 6.52. The maximum Gasteiger partial charge on any atom is 0.339 e. The number of hydrogen-bond acceptors (Lipinski definition) is 4. The van der Waals surface area contributed by atoms with Crippen LogP contribution in [-0.2, 0) is 4.79 Å². The fourth-order valence-corrected chi connectivity index (χ4v) is 2.40. The van der Waals surface area contributed by atoms with Crippen LogP contribution in [0.4, 0.5) is 5.82 Å². The van der Waals surface area contributed by atoms with E-state index in [0.717, 1.165) is 0 Å². The molecule has 104 valence electrons. The fraction of sp³-hybridized carbons (Fsp3) is 0.364. The van der Waals surface area contributed by atoms with Crippen molar-refractivity contribution in [3.63, 3.8) is 0 Å². The van der Waals surface area contributed by atoms with Crippen molar-refractivity contribution in [2.45, 2.75) is 6.42 Å². The number of halogens is 1. The quantitative estimate of drug-likeness (QED) is 0.513. The minimum absolute atomic E-state index is 0.0443. The van der Waals surface area contributed by atoms with E-state index in [1.165, 1.54) is 17.2 Å². The van der Waals surface area contributed by atoms with Crippen LogP contribution < -0.4 is 4.90 Å². The summed E-state index contributed by atoms with van der Waals surface area (Å²) in [6.45, 7) is 0.504. The van der Waals surface area contributed by atoms with Crippen LogP contribution in [0.3, 0.4) is 0 Å². The van der Waals surface area contributed by atoms with E-state index in [2.05, 4.69) is 30.9 Å². The molecule has 1 aliphatic rings. The molecule has 1 fully saturated rings. The number of anilines is 1. The van der Waals surface area contributed by atoms with Gasteiger partial charge in [-0.1, -0.05) is 5.11 Å². The second-order valence-electron chi connectivity index (χ2n) is 4.32. The van der Waals surface area contributed by atoms with Gasteiger partial charge in [0, 0.05) is 35.1 Å². The molecule has 1 N–H and O–H groups in total. The average molecular weight is 340 g/mol. The number of carbonyl (C=O) groups is 2. The molecule has 20 heavy (non-hydrogen) atoms. The van der Waals surface area contributed by atoms with Crippen LogP contribution in [0.25, 0.3) is 10.4 Å². The Morgan fingerprint density at radius 2 is 2.45 bits per heavy atom. The summed E-state index contributed by atoms with van der Waals surface area (Å²) >= 11 is 3.15. The Balaban J connectivity index is 2.30. The molecule has 1 aromatic heterocycles. The van der Waals surface area contributed by atoms with Crippen molar-refractivity contribution < 1.29 is 14.7 Å². The summed E-state index contributed by atoms with van der Waals surface area (Å²) in [5, 5.41) is 12.6. The number of carboxylic acid groups (broad SMARTS) is 1. The van der Waals surface area contributed by atoms with Crippen LogP contribution in [-0.4, -0.2) is 35.1 Å². The zero-order valence-electron chi connectivity index (χ0n) is 10.2. The number of azide groups is 1. The smallest absolute Gasteiger partial charge is 0.339 e. The van der Waals surface area contributed by atoms with Gasteiger partial charge in [-0.2, -0.15) is 0 Å². The van der Waals surface area contributed by atoms with Gasteiger partial charge in [0.2, 0.25) is 5.91 Å². The first-order valence-electron chi connectivity index (χ1n) is 5.73. The molecule has 1 unspecified atom stereocenters. The molecule has 0 aliphatic carbocycles. The predicted molar refractivity (Wildman–Crippen MR) is 73.4 cm³/mol. The molecule has 1 saturated heterocycles. The number of aromatic nitrogens is 1. The molecule has 0 saturated carbocycles. The van der Waals surface area contributed by atoms with E-state index in [-0.39, 0.29) is 36.2 Å². The molecule has 0 bridgehead atoms. The Kier molecular flexibility index (Phi) is 4.21. The van der Waals surface area contributed by atoms with Gasteiger partial charge in [-0.15, -0.1) is 0 Å². The van der Waals surface area contributed by atoms with E-state index < -0.39 is 5.97 Å². The summed E-state index contributed by atoms with van der Waals surface area (Å²) in [5.74, 6) is -1.37. The van der Waals surface area contributed by atoms with Gasteiger partial charge in [-0.25, -0.2) is 9.78 Å². The molecule has 8 nitrogen and oxygen atoms in total. The molecule has 0 spiro atoms. The van der Waals surface area contributed by atoms with Crippen molar-refractivity contribution >= 4 is 33.6 Å². The van der Waals surface area contributed by atoms with Gasteiger partial charge in [-0.05, 0) is 33.4 Å². The summed E-state index contributed by atoms with van der Waals surface area (Å²) in [5.41, 5.74) is 8.24. The normalized spacial score (nSPS) is 17.9. The predicted octanol–water partition coefficient (Wildman–Crippen LogP) is 2.21. The number of carboxylic acids is 1. The highest BCUT2D eigenvalue weighted by Gasteiger charge is 2.33. The SMILES string of the molecule is [N-]=[N+]=NCC1CC(=O)N(c2ncc(Br)cc2C(=O)O)C1. The van der Waals surface area contributed by atoms with E-state index in [0.29, 0.717) is 11.0 Å². The van der Waals surface area contributed by atoms with E-state index >= 15 is 0 Å². The van der Waals surface area contributed by atoms with Crippen molar-refractivity contribution in [3.05, 3.63) is 32.7 Å². The number of carbonyl (C=O) groups excluding carboxylic acids is 1. The Hall–Kier alpha value is -2.12. The minimum atomic E-state index is -1.15. The van der Waals surface area contributed by atoms with E-state index in [1.54, 1.807) is 0 Å². The molecule has 0 radical (unpaired) electrons. The Labute approximate surface area is 122 Å². The first-order chi connectivity index (χ1) is 9.52. The van der Waals surface area contributed by atoms with Gasteiger partial charge in [-0.3, -0.25) is 9.69 Å². The van der Waals surface area contributed by atoms with Gasteiger partial charge in [0.15, 0.2) is 0 Å². The molecule has 2 heterocycles. The van der Waals surface area contributed by atoms with Gasteiger partial charge in [0.1, 0.15) is 11.4 Å². The summed E-state index contributed by atoms with van der Waals surface area (Å²) in [7, 11) is 0. The highest BCUT2D eigenvalue weighted by molar-refractivity contribution is 9.10. The van der Waals surface area contributed by atoms with E-state index in [9.17, 15) is 14.7 Å². The lowest BCUT2D eigenvalue weighted by Gasteiger charge is -2.17. The van der Waals surface area contributed by atoms with Crippen molar-refractivity contribution in [1.29, 1.82) is 0 Å². The zero-order valence-corrected chi connectivity index (χ0v) is 11.8. The van der Waals surface area contributed by atoms with Crippen LogP contribution >= 0.6 is 15.9 Å². The number of pyridine rings is 1. The molecular weight excluding hydrogens is 330 g/mol. The Morgan fingerprint density at radius 1 is 1.70 bits per heavy atom. The molecule has 1 amide bonds. The van der Waals surface area contributed by atoms with Crippen LogP contribution in [0.5, 0.6) is 0 Å². The van der Waals surface area contributed by atoms with Crippen LogP contribution in [0.2, 0.25) is 0 Å². The number of nitrogens with zero attached hydrogens (tertiary/aromatic N) is 5. The Bertz CT molecular complexity index is 614. The Morgan fingerprint density at radius 3 is 3.10 bits per heavy atom. The number of amides is 1. The second kappa shape index (κ2) is 5.89. The van der Waals surface area contributed by atoms with Gasteiger partial charge in [0.05, 0.1) is 0 Å². The van der Waals surface area contributed by atoms with Crippen molar-refractivity contribution in [1.82, 2.24) is 4.98 Å². The lowest BCUT2D eigenvalue weighted by atomic mass is 10.1. The number of rotatable bonds is 4. The van der Waals surface area contributed by atoms with Gasteiger partial charge >= 0.3 is 5.97 Å². The summed E-state index contributed by atoms with van der Waals surface area (Å²) in [4.78, 5) is 31.2. The van der Waals surface area contributed by atoms with Crippen molar-refractivity contribution in [3.8, 4) is 0 Å². The molecule has 9 heteroatoms. The number of hydrogen-bond donors (Lipinski definition) is 1. The van der Waals surface area contributed by atoms with E-state index in [1.807, 2.05) is 0 Å². The second-order valence-corrected chi connectivity index (χ2v) is 5.23. The monoisotopic (exact) mass is 339 g/mol. The van der Waals surface area contributed by atoms with Gasteiger partial charge in [0.25, 0.3) is 0 Å². The standard InChI is InChI=1S/C11H10BrN5O3/c12-7-2-8(11(19)20)10(14-4-7)17-5-6(1-9(17)18)3-15-16-13/h2,4,6H,1,3,5H2,(H,19,20). The van der Waals surface area contributed by atoms with Crippen LogP contribution in [0, 0.1) is 5.92 Å². The van der Waals surface area contributed by atoms with Crippen LogP contribution in [0.15, 0.2) is 21.9 Å². The third kappa shape index (κ3) is 2.89. The lowest BCUT2D eigenvalue weighted by Crippen LogP contribution is -2.27. The topological polar surface area (TPSA) is 119 Å². The molecule has 0 aromatic carbocycles. The maximum atomic E-state index is 12.0. The van der Waals surface area contributed by atoms with E-state index in [4.69, 9.17) is 5.53 Å². The highest BCUT2D eigenvalue weighted by Crippen LogP contribution is 2.28. The fourth-order valence-electron chi connectivity index (χ4n) is 2.07. The molecular formula is C11H10BrN5O3. The van der Waals surface area contributed by atoms with Gasteiger partial charge < -0.3 is 5.11 Å². The van der Waals surface area contributed by atoms with Crippen molar-refractivity contribution in [2.75, 3.05) is 18.0 Å². The third-order valence-electron chi connectivity index (χ3n) is 2.93. The molecule has 2 rings (SSSR count). The van der Waals surface area contributed by atoms with Crippen molar-refractivity contribution in [2.24, 2.45) is 11.0 Å². The highest BCUT2D eigenvalue weighted by atomic mass is 79.9. The minimum Gasteiger partial charge on any atom is -0.478 e. The largest absolute Gasteiger partial charge is 0.478 e. The van der Waals surface area contributed by atoms with Crippen LogP contribution in [0.1, 0.15) is 16.8 Å². The number of aromatic carboxylic acids is 1. The zero-order chi connectivity index (χ0) is 14.7. The lowest BCUT2D eigenvalue weighted by molar-refractivity contribution is -0.117. The molecule has 1 aromatic rings. The maximum absolute atomic E-state index is 12.0. The first kappa shape index (κ1) is 14.3.